The van der Waals surface area contributed by atoms with Gasteiger partial charge >= 0.3 is 5.97 Å². The van der Waals surface area contributed by atoms with E-state index in [-0.39, 0.29) is 18.7 Å². The van der Waals surface area contributed by atoms with Gasteiger partial charge in [-0.3, -0.25) is 9.36 Å². The molecule has 0 radical (unpaired) electrons. The zero-order valence-corrected chi connectivity index (χ0v) is 20.0. The smallest absolute Gasteiger partial charge is 0.312 e. The molecule has 3 atom stereocenters. The van der Waals surface area contributed by atoms with Gasteiger partial charge in [0.1, 0.15) is 0 Å². The van der Waals surface area contributed by atoms with E-state index >= 15 is 0 Å². The van der Waals surface area contributed by atoms with Crippen molar-refractivity contribution < 1.29 is 19.0 Å². The molecule has 1 aliphatic rings. The van der Waals surface area contributed by atoms with E-state index in [0.717, 1.165) is 16.7 Å². The highest BCUT2D eigenvalue weighted by atomic mass is 31.2. The van der Waals surface area contributed by atoms with E-state index < -0.39 is 23.9 Å². The SMILES string of the molecule is CCOC(=O)C(C)C1=Cc2ccccc2CC1(C(C)(C)C)P(=O)(O)Cc1ccccc1. The minimum atomic E-state index is -3.84. The molecule has 1 N–H and O–H groups in total. The van der Waals surface area contributed by atoms with Gasteiger partial charge in [-0.25, -0.2) is 0 Å². The minimum absolute atomic E-state index is 0.0557. The lowest BCUT2D eigenvalue weighted by Crippen LogP contribution is -2.50. The Bertz CT molecular complexity index is 1020. The first-order valence-electron chi connectivity index (χ1n) is 10.9. The van der Waals surface area contributed by atoms with Crippen molar-refractivity contribution >= 4 is 19.4 Å². The number of ether oxygens (including phenoxy) is 1. The maximum Gasteiger partial charge on any atom is 0.312 e. The average Bonchev–Trinajstić information content (AvgIpc) is 2.71. The van der Waals surface area contributed by atoms with Crippen molar-refractivity contribution in [2.45, 2.75) is 52.4 Å². The van der Waals surface area contributed by atoms with E-state index in [1.165, 1.54) is 0 Å². The van der Waals surface area contributed by atoms with Crippen LogP contribution in [-0.4, -0.2) is 22.6 Å². The standard InChI is InChI=1S/C26H33O4P/c1-6-30-24(27)19(2)23-16-21-14-10-11-15-22(21)17-26(23,25(3,4)5)31(28,29)18-20-12-8-7-9-13-20/h7-16,19H,6,17-18H2,1-5H3,(H,28,29). The second-order valence-electron chi connectivity index (χ2n) is 9.40. The Labute approximate surface area is 185 Å². The van der Waals surface area contributed by atoms with Gasteiger partial charge < -0.3 is 9.63 Å². The molecule has 2 aromatic carbocycles. The average molecular weight is 441 g/mol. The van der Waals surface area contributed by atoms with Crippen molar-refractivity contribution in [2.75, 3.05) is 6.61 Å². The Morgan fingerprint density at radius 2 is 1.74 bits per heavy atom. The summed E-state index contributed by atoms with van der Waals surface area (Å²) in [4.78, 5) is 24.6. The summed E-state index contributed by atoms with van der Waals surface area (Å²) in [6, 6.07) is 17.4. The second kappa shape index (κ2) is 8.76. The third-order valence-electron chi connectivity index (χ3n) is 6.47. The van der Waals surface area contributed by atoms with Crippen LogP contribution in [0.15, 0.2) is 60.2 Å². The highest BCUT2D eigenvalue weighted by Crippen LogP contribution is 2.70. The van der Waals surface area contributed by atoms with Gasteiger partial charge in [-0.15, -0.1) is 0 Å². The molecular weight excluding hydrogens is 407 g/mol. The summed E-state index contributed by atoms with van der Waals surface area (Å²) >= 11 is 0. The lowest BCUT2D eigenvalue weighted by molar-refractivity contribution is -0.146. The van der Waals surface area contributed by atoms with Crippen molar-refractivity contribution in [2.24, 2.45) is 11.3 Å². The van der Waals surface area contributed by atoms with Gasteiger partial charge in [-0.2, -0.15) is 0 Å². The zero-order valence-electron chi connectivity index (χ0n) is 19.1. The highest BCUT2D eigenvalue weighted by molar-refractivity contribution is 7.59. The molecular formula is C26H33O4P. The van der Waals surface area contributed by atoms with Crippen molar-refractivity contribution in [3.05, 3.63) is 76.9 Å². The van der Waals surface area contributed by atoms with Crippen LogP contribution in [0.3, 0.4) is 0 Å². The normalized spacial score (nSPS) is 21.4. The van der Waals surface area contributed by atoms with E-state index in [1.54, 1.807) is 13.8 Å². The molecule has 0 saturated carbocycles. The number of benzene rings is 2. The molecule has 0 amide bonds. The van der Waals surface area contributed by atoms with Crippen molar-refractivity contribution in [1.29, 1.82) is 0 Å². The molecule has 166 valence electrons. The number of fused-ring (bicyclic) bond motifs is 1. The Kier molecular flexibility index (Phi) is 6.64. The first-order chi connectivity index (χ1) is 14.5. The lowest BCUT2D eigenvalue weighted by atomic mass is 9.66. The fourth-order valence-corrected chi connectivity index (χ4v) is 7.99. The Morgan fingerprint density at radius 3 is 2.35 bits per heavy atom. The summed E-state index contributed by atoms with van der Waals surface area (Å²) in [5.41, 5.74) is 2.96. The van der Waals surface area contributed by atoms with Gasteiger partial charge in [0.15, 0.2) is 0 Å². The maximum absolute atomic E-state index is 14.4. The van der Waals surface area contributed by atoms with Crippen molar-refractivity contribution in [3.63, 3.8) is 0 Å². The van der Waals surface area contributed by atoms with Crippen molar-refractivity contribution in [1.82, 2.24) is 0 Å². The predicted molar refractivity (Wildman–Crippen MR) is 126 cm³/mol. The summed E-state index contributed by atoms with van der Waals surface area (Å²) in [5, 5.41) is -1.10. The molecule has 0 aliphatic heterocycles. The van der Waals surface area contributed by atoms with Crippen LogP contribution in [0.2, 0.25) is 0 Å². The van der Waals surface area contributed by atoms with E-state index in [1.807, 2.05) is 81.4 Å². The van der Waals surface area contributed by atoms with Crippen LogP contribution >= 0.6 is 7.37 Å². The number of rotatable bonds is 6. The molecule has 0 saturated heterocycles. The number of hydrogen-bond acceptors (Lipinski definition) is 3. The van der Waals surface area contributed by atoms with Gasteiger partial charge in [0.25, 0.3) is 0 Å². The van der Waals surface area contributed by atoms with E-state index in [9.17, 15) is 14.3 Å². The molecule has 3 rings (SSSR count). The summed E-state index contributed by atoms with van der Waals surface area (Å²) in [5.74, 6) is -0.981. The molecule has 3 unspecified atom stereocenters. The summed E-state index contributed by atoms with van der Waals surface area (Å²) < 4.78 is 19.7. The summed E-state index contributed by atoms with van der Waals surface area (Å²) in [6.07, 6.45) is 2.42. The summed E-state index contributed by atoms with van der Waals surface area (Å²) in [7, 11) is -3.84. The lowest BCUT2D eigenvalue weighted by Gasteiger charge is -2.52. The van der Waals surface area contributed by atoms with E-state index in [0.29, 0.717) is 12.0 Å². The molecule has 1 aliphatic carbocycles. The first-order valence-corrected chi connectivity index (χ1v) is 12.7. The number of esters is 1. The van der Waals surface area contributed by atoms with Crippen LogP contribution in [0.5, 0.6) is 0 Å². The minimum Gasteiger partial charge on any atom is -0.466 e. The van der Waals surface area contributed by atoms with Gasteiger partial charge in [-0.1, -0.05) is 81.4 Å². The summed E-state index contributed by atoms with van der Waals surface area (Å²) in [6.45, 7) is 9.84. The van der Waals surface area contributed by atoms with Gasteiger partial charge in [0, 0.05) is 0 Å². The number of hydrogen-bond donors (Lipinski definition) is 1. The largest absolute Gasteiger partial charge is 0.466 e. The Morgan fingerprint density at radius 1 is 1.13 bits per heavy atom. The van der Waals surface area contributed by atoms with E-state index in [2.05, 4.69) is 0 Å². The molecule has 31 heavy (non-hydrogen) atoms. The fraction of sp³-hybridized carbons (Fsp3) is 0.423. The van der Waals surface area contributed by atoms with Gasteiger partial charge in [0.05, 0.1) is 23.8 Å². The van der Waals surface area contributed by atoms with Crippen LogP contribution in [0.1, 0.15) is 51.3 Å². The molecule has 0 heterocycles. The number of carbonyl (C=O) groups excluding carboxylic acids is 1. The van der Waals surface area contributed by atoms with Crippen LogP contribution in [0, 0.1) is 11.3 Å². The van der Waals surface area contributed by atoms with Crippen molar-refractivity contribution in [3.8, 4) is 0 Å². The van der Waals surface area contributed by atoms with Crippen LogP contribution in [0.25, 0.3) is 6.08 Å². The molecule has 0 bridgehead atoms. The Hall–Kier alpha value is -2.16. The molecule has 0 fully saturated rings. The van der Waals surface area contributed by atoms with Crippen LogP contribution < -0.4 is 0 Å². The van der Waals surface area contributed by atoms with Crippen LogP contribution in [-0.2, 0) is 26.7 Å². The molecule has 5 heteroatoms. The predicted octanol–water partition coefficient (Wildman–Crippen LogP) is 6.08. The second-order valence-corrected chi connectivity index (χ2v) is 11.9. The third kappa shape index (κ3) is 4.29. The zero-order chi connectivity index (χ0) is 22.9. The maximum atomic E-state index is 14.4. The fourth-order valence-electron chi connectivity index (χ4n) is 4.89. The number of carbonyl (C=O) groups is 1. The molecule has 2 aromatic rings. The van der Waals surface area contributed by atoms with E-state index in [4.69, 9.17) is 4.74 Å². The molecule has 0 aromatic heterocycles. The third-order valence-corrected chi connectivity index (χ3v) is 9.55. The Balaban J connectivity index is 2.25. The molecule has 4 nitrogen and oxygen atoms in total. The molecule has 0 spiro atoms. The monoisotopic (exact) mass is 440 g/mol. The topological polar surface area (TPSA) is 63.6 Å². The van der Waals surface area contributed by atoms with Gasteiger partial charge in [0.2, 0.25) is 7.37 Å². The van der Waals surface area contributed by atoms with Gasteiger partial charge in [-0.05, 0) is 47.9 Å². The highest BCUT2D eigenvalue weighted by Gasteiger charge is 2.59. The quantitative estimate of drug-likeness (QED) is 0.437. The first kappa shape index (κ1) is 23.5. The van der Waals surface area contributed by atoms with Crippen LogP contribution in [0.4, 0.5) is 0 Å².